The monoisotopic (exact) mass is 450 g/mol. The smallest absolute Gasteiger partial charge is 0.286 e. The highest BCUT2D eigenvalue weighted by Gasteiger charge is 2.45. The van der Waals surface area contributed by atoms with Crippen molar-refractivity contribution in [2.45, 2.75) is 101 Å². The zero-order valence-electron chi connectivity index (χ0n) is 18.9. The van der Waals surface area contributed by atoms with Crippen LogP contribution in [-0.4, -0.2) is 44.6 Å². The maximum Gasteiger partial charge on any atom is 0.286 e. The summed E-state index contributed by atoms with van der Waals surface area (Å²) >= 11 is 1.39. The number of thioether (sulfide) groups is 1. The van der Waals surface area contributed by atoms with Gasteiger partial charge >= 0.3 is 0 Å². The minimum Gasteiger partial charge on any atom is -0.408 e. The summed E-state index contributed by atoms with van der Waals surface area (Å²) < 4.78 is 5.55. The third kappa shape index (κ3) is 6.30. The first kappa shape index (κ1) is 23.8. The van der Waals surface area contributed by atoms with E-state index in [1.165, 1.54) is 11.8 Å². The second kappa shape index (κ2) is 10.1. The lowest BCUT2D eigenvalue weighted by molar-refractivity contribution is -0.136. The third-order valence-corrected chi connectivity index (χ3v) is 6.57. The van der Waals surface area contributed by atoms with Gasteiger partial charge in [-0.25, -0.2) is 0 Å². The minimum atomic E-state index is -0.944. The van der Waals surface area contributed by atoms with Crippen LogP contribution in [0.3, 0.4) is 0 Å². The Hall–Kier alpha value is -1.90. The van der Waals surface area contributed by atoms with E-state index in [0.29, 0.717) is 24.5 Å². The van der Waals surface area contributed by atoms with E-state index in [2.05, 4.69) is 20.8 Å². The van der Waals surface area contributed by atoms with Crippen LogP contribution in [0, 0.1) is 11.8 Å². The fourth-order valence-corrected chi connectivity index (χ4v) is 4.57. The summed E-state index contributed by atoms with van der Waals surface area (Å²) in [5.74, 6) is -0.606. The van der Waals surface area contributed by atoms with Gasteiger partial charge in [-0.3, -0.25) is 14.4 Å². The van der Waals surface area contributed by atoms with Gasteiger partial charge in [-0.1, -0.05) is 58.7 Å². The van der Waals surface area contributed by atoms with Crippen molar-refractivity contribution in [2.75, 3.05) is 0 Å². The molecule has 1 aromatic heterocycles. The van der Waals surface area contributed by atoms with Crippen molar-refractivity contribution in [1.29, 1.82) is 0 Å². The van der Waals surface area contributed by atoms with E-state index in [4.69, 9.17) is 4.42 Å². The molecule has 2 aliphatic carbocycles. The molecule has 2 saturated carbocycles. The molecule has 0 spiro atoms. The first-order chi connectivity index (χ1) is 14.7. The van der Waals surface area contributed by atoms with Crippen molar-refractivity contribution in [2.24, 2.45) is 11.8 Å². The number of amides is 2. The van der Waals surface area contributed by atoms with E-state index < -0.39 is 11.6 Å². The summed E-state index contributed by atoms with van der Waals surface area (Å²) in [5.41, 5.74) is -0.944. The van der Waals surface area contributed by atoms with Crippen molar-refractivity contribution in [3.8, 4) is 0 Å². The summed E-state index contributed by atoms with van der Waals surface area (Å²) in [6, 6.07) is -0.776. The average molecular weight is 451 g/mol. The SMILES string of the molecule is CC(C)C[C@H](NC(=O)C1(NC(=O)C2CC2)CCCCC1)C(=O)c1nnc(SC(C)C)o1. The molecule has 1 heterocycles. The quantitative estimate of drug-likeness (QED) is 0.414. The molecule has 0 bridgehead atoms. The Morgan fingerprint density at radius 3 is 2.35 bits per heavy atom. The summed E-state index contributed by atoms with van der Waals surface area (Å²) in [7, 11) is 0. The Morgan fingerprint density at radius 1 is 1.10 bits per heavy atom. The van der Waals surface area contributed by atoms with Gasteiger partial charge < -0.3 is 15.1 Å². The molecule has 9 heteroatoms. The van der Waals surface area contributed by atoms with Crippen LogP contribution < -0.4 is 10.6 Å². The molecular formula is C22H34N4O4S. The molecule has 0 unspecified atom stereocenters. The van der Waals surface area contributed by atoms with Crippen LogP contribution in [0.4, 0.5) is 0 Å². The highest BCUT2D eigenvalue weighted by Crippen LogP contribution is 2.33. The Balaban J connectivity index is 1.76. The summed E-state index contributed by atoms with van der Waals surface area (Å²) in [6.45, 7) is 7.98. The lowest BCUT2D eigenvalue weighted by Crippen LogP contribution is -2.62. The van der Waals surface area contributed by atoms with Crippen molar-refractivity contribution >= 4 is 29.4 Å². The molecule has 2 fully saturated rings. The van der Waals surface area contributed by atoms with Crippen LogP contribution in [0.25, 0.3) is 0 Å². The first-order valence-corrected chi connectivity index (χ1v) is 12.3. The van der Waals surface area contributed by atoms with Gasteiger partial charge in [0.25, 0.3) is 11.1 Å². The van der Waals surface area contributed by atoms with Crippen LogP contribution in [0.5, 0.6) is 0 Å². The van der Waals surface area contributed by atoms with Gasteiger partial charge in [-0.05, 0) is 38.0 Å². The molecule has 1 atom stereocenters. The number of hydrogen-bond donors (Lipinski definition) is 2. The number of rotatable bonds is 10. The Labute approximate surface area is 188 Å². The van der Waals surface area contributed by atoms with E-state index in [0.717, 1.165) is 32.1 Å². The van der Waals surface area contributed by atoms with Gasteiger partial charge in [0.2, 0.25) is 17.6 Å². The Morgan fingerprint density at radius 2 is 1.77 bits per heavy atom. The van der Waals surface area contributed by atoms with E-state index in [1.807, 2.05) is 27.7 Å². The fourth-order valence-electron chi connectivity index (χ4n) is 3.95. The maximum absolute atomic E-state index is 13.4. The van der Waals surface area contributed by atoms with Crippen LogP contribution in [0.15, 0.2) is 9.64 Å². The van der Waals surface area contributed by atoms with E-state index >= 15 is 0 Å². The lowest BCUT2D eigenvalue weighted by atomic mass is 9.80. The van der Waals surface area contributed by atoms with Gasteiger partial charge in [-0.2, -0.15) is 0 Å². The van der Waals surface area contributed by atoms with Crippen molar-refractivity contribution in [3.63, 3.8) is 0 Å². The number of carbonyl (C=O) groups excluding carboxylic acids is 3. The van der Waals surface area contributed by atoms with Gasteiger partial charge in [0.05, 0.1) is 6.04 Å². The van der Waals surface area contributed by atoms with Gasteiger partial charge in [0.1, 0.15) is 5.54 Å². The molecule has 31 heavy (non-hydrogen) atoms. The molecule has 172 valence electrons. The second-order valence-electron chi connectivity index (χ2n) is 9.47. The highest BCUT2D eigenvalue weighted by atomic mass is 32.2. The molecular weight excluding hydrogens is 416 g/mol. The number of Topliss-reactive ketones (excluding diaryl/α,β-unsaturated/α-hetero) is 1. The van der Waals surface area contributed by atoms with E-state index in [-0.39, 0.29) is 40.6 Å². The number of hydrogen-bond acceptors (Lipinski definition) is 7. The molecule has 0 aromatic carbocycles. The number of nitrogens with one attached hydrogen (secondary N) is 2. The van der Waals surface area contributed by atoms with Crippen LogP contribution in [-0.2, 0) is 9.59 Å². The largest absolute Gasteiger partial charge is 0.408 e. The molecule has 2 N–H and O–H groups in total. The van der Waals surface area contributed by atoms with Crippen molar-refractivity contribution in [3.05, 3.63) is 5.89 Å². The molecule has 0 aliphatic heterocycles. The number of nitrogens with zero attached hydrogens (tertiary/aromatic N) is 2. The van der Waals surface area contributed by atoms with Gasteiger partial charge in [-0.15, -0.1) is 10.2 Å². The average Bonchev–Trinajstić information content (AvgIpc) is 3.47. The zero-order valence-corrected chi connectivity index (χ0v) is 19.7. The zero-order chi connectivity index (χ0) is 22.6. The van der Waals surface area contributed by atoms with E-state index in [9.17, 15) is 14.4 Å². The van der Waals surface area contributed by atoms with Gasteiger partial charge in [0.15, 0.2) is 0 Å². The first-order valence-electron chi connectivity index (χ1n) is 11.4. The number of aromatic nitrogens is 2. The predicted molar refractivity (Wildman–Crippen MR) is 118 cm³/mol. The lowest BCUT2D eigenvalue weighted by Gasteiger charge is -2.37. The summed E-state index contributed by atoms with van der Waals surface area (Å²) in [4.78, 5) is 39.1. The fraction of sp³-hybridized carbons (Fsp3) is 0.773. The molecule has 1 aromatic rings. The summed E-state index contributed by atoms with van der Waals surface area (Å²) in [5, 5.41) is 14.4. The predicted octanol–water partition coefficient (Wildman–Crippen LogP) is 3.51. The van der Waals surface area contributed by atoms with E-state index in [1.54, 1.807) is 0 Å². The van der Waals surface area contributed by atoms with Crippen LogP contribution >= 0.6 is 11.8 Å². The molecule has 8 nitrogen and oxygen atoms in total. The molecule has 0 saturated heterocycles. The van der Waals surface area contributed by atoms with Gasteiger partial charge in [0, 0.05) is 11.2 Å². The van der Waals surface area contributed by atoms with Crippen molar-refractivity contribution in [1.82, 2.24) is 20.8 Å². The highest BCUT2D eigenvalue weighted by molar-refractivity contribution is 7.99. The number of ketones is 1. The Bertz CT molecular complexity index is 797. The molecule has 2 amide bonds. The van der Waals surface area contributed by atoms with Crippen LogP contribution in [0.2, 0.25) is 0 Å². The Kier molecular flexibility index (Phi) is 7.78. The summed E-state index contributed by atoms with van der Waals surface area (Å²) in [6.07, 6.45) is 6.19. The minimum absolute atomic E-state index is 0.0231. The maximum atomic E-state index is 13.4. The van der Waals surface area contributed by atoms with Crippen LogP contribution in [0.1, 0.15) is 89.7 Å². The molecule has 0 radical (unpaired) electrons. The topological polar surface area (TPSA) is 114 Å². The molecule has 3 rings (SSSR count). The molecule has 2 aliphatic rings. The normalized spacial score (nSPS) is 19.3. The third-order valence-electron chi connectivity index (χ3n) is 5.74. The standard InChI is InChI=1S/C22H34N4O4S/c1-13(2)12-16(17(27)19-25-26-21(30-19)31-14(3)4)23-20(29)22(10-6-5-7-11-22)24-18(28)15-8-9-15/h13-16H,5-12H2,1-4H3,(H,23,29)(H,24,28)/t16-/m0/s1. The second-order valence-corrected chi connectivity index (χ2v) is 11.0. The van der Waals surface area contributed by atoms with Crippen molar-refractivity contribution < 1.29 is 18.8 Å². The number of carbonyl (C=O) groups is 3.